The van der Waals surface area contributed by atoms with Crippen molar-refractivity contribution < 1.29 is 14.7 Å². The van der Waals surface area contributed by atoms with Crippen LogP contribution in [0.4, 0.5) is 0 Å². The molecule has 0 radical (unpaired) electrons. The van der Waals surface area contributed by atoms with Crippen LogP contribution in [-0.2, 0) is 16.0 Å². The first-order valence-electron chi connectivity index (χ1n) is 5.11. The molecule has 0 aromatic heterocycles. The van der Waals surface area contributed by atoms with Gasteiger partial charge in [-0.1, -0.05) is 41.3 Å². The lowest BCUT2D eigenvalue weighted by atomic mass is 10.1. The molecule has 0 aliphatic heterocycles. The van der Waals surface area contributed by atoms with E-state index in [4.69, 9.17) is 16.7 Å². The lowest BCUT2D eigenvalue weighted by molar-refractivity contribution is -0.136. The van der Waals surface area contributed by atoms with Crippen LogP contribution in [0, 0.1) is 11.8 Å². The second kappa shape index (κ2) is 7.10. The summed E-state index contributed by atoms with van der Waals surface area (Å²) in [5, 5.41) is 9.28. The molecule has 3 nitrogen and oxygen atoms in total. The van der Waals surface area contributed by atoms with E-state index in [0.717, 1.165) is 11.8 Å². The molecular formula is C13H11ClO3S. The van der Waals surface area contributed by atoms with Crippen LogP contribution in [0.5, 0.6) is 0 Å². The Balaban J connectivity index is 2.87. The first-order chi connectivity index (χ1) is 8.49. The highest BCUT2D eigenvalue weighted by atomic mass is 35.5. The summed E-state index contributed by atoms with van der Waals surface area (Å²) in [4.78, 5) is 21.4. The third-order valence-corrected chi connectivity index (χ3v) is 2.91. The van der Waals surface area contributed by atoms with E-state index >= 15 is 0 Å². The van der Waals surface area contributed by atoms with Crippen molar-refractivity contribution in [1.82, 2.24) is 0 Å². The van der Waals surface area contributed by atoms with Gasteiger partial charge < -0.3 is 5.11 Å². The molecule has 0 bridgehead atoms. The molecule has 0 spiro atoms. The Morgan fingerprint density at radius 2 is 2.17 bits per heavy atom. The Labute approximate surface area is 115 Å². The fourth-order valence-electron chi connectivity index (χ4n) is 1.25. The van der Waals surface area contributed by atoms with Gasteiger partial charge in [0, 0.05) is 17.5 Å². The summed E-state index contributed by atoms with van der Waals surface area (Å²) in [7, 11) is 0. The minimum Gasteiger partial charge on any atom is -0.481 e. The minimum atomic E-state index is -0.918. The van der Waals surface area contributed by atoms with E-state index in [0.29, 0.717) is 21.9 Å². The molecule has 5 heteroatoms. The van der Waals surface area contributed by atoms with Crippen LogP contribution in [-0.4, -0.2) is 21.9 Å². The van der Waals surface area contributed by atoms with Crippen molar-refractivity contribution in [3.8, 4) is 11.8 Å². The summed E-state index contributed by atoms with van der Waals surface area (Å²) in [6.07, 6.45) is -0.0962. The van der Waals surface area contributed by atoms with E-state index < -0.39 is 5.97 Å². The van der Waals surface area contributed by atoms with E-state index in [2.05, 4.69) is 11.8 Å². The molecule has 0 aliphatic carbocycles. The minimum absolute atomic E-state index is 0.00107. The average molecular weight is 283 g/mol. The van der Waals surface area contributed by atoms with E-state index in [1.807, 2.05) is 0 Å². The predicted octanol–water partition coefficient (Wildman–Crippen LogP) is 2.60. The number of rotatable bonds is 3. The summed E-state index contributed by atoms with van der Waals surface area (Å²) in [5.41, 5.74) is 1.21. The van der Waals surface area contributed by atoms with Crippen molar-refractivity contribution in [3.63, 3.8) is 0 Å². The van der Waals surface area contributed by atoms with Crippen LogP contribution in [0.3, 0.4) is 0 Å². The lowest BCUT2D eigenvalue weighted by Crippen LogP contribution is -2.02. The summed E-state index contributed by atoms with van der Waals surface area (Å²) in [6.45, 7) is 1.47. The molecule has 0 saturated heterocycles. The zero-order chi connectivity index (χ0) is 13.5. The predicted molar refractivity (Wildman–Crippen MR) is 72.8 cm³/mol. The number of hydrogen-bond acceptors (Lipinski definition) is 3. The van der Waals surface area contributed by atoms with Crippen molar-refractivity contribution >= 4 is 34.4 Å². The molecule has 18 heavy (non-hydrogen) atoms. The SMILES string of the molecule is CC(=O)SCC#Cc1cc(Cl)ccc1CC(=O)O. The number of carbonyl (C=O) groups excluding carboxylic acids is 1. The van der Waals surface area contributed by atoms with Gasteiger partial charge in [-0.05, 0) is 17.7 Å². The Morgan fingerprint density at radius 3 is 2.78 bits per heavy atom. The Hall–Kier alpha value is -1.44. The first kappa shape index (κ1) is 14.6. The van der Waals surface area contributed by atoms with Crippen molar-refractivity contribution in [2.45, 2.75) is 13.3 Å². The number of halogens is 1. The van der Waals surface area contributed by atoms with Gasteiger partial charge in [0.05, 0.1) is 12.2 Å². The smallest absolute Gasteiger partial charge is 0.307 e. The second-order valence-electron chi connectivity index (χ2n) is 3.45. The van der Waals surface area contributed by atoms with Gasteiger partial charge in [-0.3, -0.25) is 9.59 Å². The monoisotopic (exact) mass is 282 g/mol. The fourth-order valence-corrected chi connectivity index (χ4v) is 1.77. The zero-order valence-corrected chi connectivity index (χ0v) is 11.3. The quantitative estimate of drug-likeness (QED) is 0.866. The Bertz CT molecular complexity index is 529. The maximum absolute atomic E-state index is 10.7. The first-order valence-corrected chi connectivity index (χ1v) is 6.48. The second-order valence-corrected chi connectivity index (χ2v) is 5.04. The molecule has 1 N–H and O–H groups in total. The molecule has 0 saturated carbocycles. The molecule has 94 valence electrons. The largest absolute Gasteiger partial charge is 0.481 e. The van der Waals surface area contributed by atoms with Gasteiger partial charge in [-0.2, -0.15) is 0 Å². The van der Waals surface area contributed by atoms with Crippen LogP contribution in [0.1, 0.15) is 18.1 Å². The topological polar surface area (TPSA) is 54.4 Å². The van der Waals surface area contributed by atoms with Gasteiger partial charge in [0.2, 0.25) is 0 Å². The highest BCUT2D eigenvalue weighted by molar-refractivity contribution is 8.13. The number of carboxylic acid groups (broad SMARTS) is 1. The molecule has 1 aromatic rings. The van der Waals surface area contributed by atoms with E-state index in [9.17, 15) is 9.59 Å². The van der Waals surface area contributed by atoms with Crippen molar-refractivity contribution in [2.24, 2.45) is 0 Å². The fraction of sp³-hybridized carbons (Fsp3) is 0.231. The highest BCUT2D eigenvalue weighted by Crippen LogP contribution is 2.16. The molecule has 1 rings (SSSR count). The van der Waals surface area contributed by atoms with E-state index in [1.54, 1.807) is 18.2 Å². The molecule has 0 fully saturated rings. The third kappa shape index (κ3) is 5.26. The van der Waals surface area contributed by atoms with Gasteiger partial charge in [0.15, 0.2) is 5.12 Å². The average Bonchev–Trinajstić information content (AvgIpc) is 2.27. The van der Waals surface area contributed by atoms with Gasteiger partial charge >= 0.3 is 5.97 Å². The molecule has 0 unspecified atom stereocenters. The van der Waals surface area contributed by atoms with Crippen LogP contribution >= 0.6 is 23.4 Å². The number of carbonyl (C=O) groups is 2. The van der Waals surface area contributed by atoms with E-state index in [1.165, 1.54) is 6.92 Å². The normalized spacial score (nSPS) is 9.44. The van der Waals surface area contributed by atoms with Gasteiger partial charge in [0.1, 0.15) is 0 Å². The zero-order valence-electron chi connectivity index (χ0n) is 9.70. The third-order valence-electron chi connectivity index (χ3n) is 1.98. The number of thioether (sulfide) groups is 1. The van der Waals surface area contributed by atoms with Crippen LogP contribution in [0.25, 0.3) is 0 Å². The number of benzene rings is 1. The van der Waals surface area contributed by atoms with Gasteiger partial charge in [-0.25, -0.2) is 0 Å². The summed E-state index contributed by atoms with van der Waals surface area (Å²) >= 11 is 6.95. The Kier molecular flexibility index (Phi) is 5.76. The molecular weight excluding hydrogens is 272 g/mol. The molecule has 0 heterocycles. The standard InChI is InChI=1S/C13H11ClO3S/c1-9(15)18-6-2-3-10-7-12(14)5-4-11(10)8-13(16)17/h4-5,7H,6,8H2,1H3,(H,16,17). The molecule has 0 amide bonds. The number of carboxylic acids is 1. The van der Waals surface area contributed by atoms with Crippen LogP contribution in [0.2, 0.25) is 5.02 Å². The van der Waals surface area contributed by atoms with Crippen molar-refractivity contribution in [3.05, 3.63) is 34.3 Å². The maximum Gasteiger partial charge on any atom is 0.307 e. The molecule has 0 aliphatic rings. The van der Waals surface area contributed by atoms with E-state index in [-0.39, 0.29) is 11.5 Å². The highest BCUT2D eigenvalue weighted by Gasteiger charge is 2.05. The summed E-state index contributed by atoms with van der Waals surface area (Å²) in [6, 6.07) is 4.92. The molecule has 0 atom stereocenters. The number of hydrogen-bond donors (Lipinski definition) is 1. The Morgan fingerprint density at radius 1 is 1.44 bits per heavy atom. The number of aliphatic carboxylic acids is 1. The molecule has 1 aromatic carbocycles. The van der Waals surface area contributed by atoms with Crippen molar-refractivity contribution in [1.29, 1.82) is 0 Å². The van der Waals surface area contributed by atoms with Gasteiger partial charge in [-0.15, -0.1) is 0 Å². The van der Waals surface area contributed by atoms with Gasteiger partial charge in [0.25, 0.3) is 0 Å². The van der Waals surface area contributed by atoms with Crippen LogP contribution in [0.15, 0.2) is 18.2 Å². The van der Waals surface area contributed by atoms with Crippen molar-refractivity contribution in [2.75, 3.05) is 5.75 Å². The maximum atomic E-state index is 10.7. The van der Waals surface area contributed by atoms with Crippen LogP contribution < -0.4 is 0 Å². The summed E-state index contributed by atoms with van der Waals surface area (Å²) < 4.78 is 0. The lowest BCUT2D eigenvalue weighted by Gasteiger charge is -2.01. The summed E-state index contributed by atoms with van der Waals surface area (Å²) in [5.74, 6) is 5.12.